The number of para-hydroxylation sites is 1. The predicted octanol–water partition coefficient (Wildman–Crippen LogP) is 2.96. The number of aromatic nitrogens is 3. The van der Waals surface area contributed by atoms with Gasteiger partial charge in [-0.05, 0) is 30.0 Å². The molecule has 0 spiro atoms. The minimum atomic E-state index is -0.264. The normalized spacial score (nSPS) is 10.4. The number of amides is 2. The number of aryl methyl sites for hydroxylation is 1. The van der Waals surface area contributed by atoms with Crippen molar-refractivity contribution in [1.29, 1.82) is 0 Å². The highest BCUT2D eigenvalue weighted by atomic mass is 32.1. The van der Waals surface area contributed by atoms with Gasteiger partial charge in [-0.25, -0.2) is 9.48 Å². The number of urea groups is 1. The highest BCUT2D eigenvalue weighted by Crippen LogP contribution is 2.13. The van der Waals surface area contributed by atoms with Gasteiger partial charge < -0.3 is 10.6 Å². The van der Waals surface area contributed by atoms with Gasteiger partial charge in [-0.1, -0.05) is 23.4 Å². The number of anilines is 1. The number of carbonyl (C=O) groups excluding carboxylic acids is 1. The van der Waals surface area contributed by atoms with E-state index in [1.807, 2.05) is 48.0 Å². The number of carbonyl (C=O) groups is 1. The lowest BCUT2D eigenvalue weighted by molar-refractivity contribution is 0.251. The second-order valence-electron chi connectivity index (χ2n) is 4.76. The SMILES string of the molecule is Cc1ccccc1NC(=O)NCc1cn(-c2ccsc2)nn1. The predicted molar refractivity (Wildman–Crippen MR) is 86.3 cm³/mol. The highest BCUT2D eigenvalue weighted by Gasteiger charge is 2.06. The monoisotopic (exact) mass is 313 g/mol. The van der Waals surface area contributed by atoms with Crippen molar-refractivity contribution >= 4 is 23.1 Å². The van der Waals surface area contributed by atoms with E-state index in [1.54, 1.807) is 22.2 Å². The first kappa shape index (κ1) is 14.3. The third kappa shape index (κ3) is 3.32. The molecule has 0 bridgehead atoms. The number of benzene rings is 1. The number of hydrogen-bond acceptors (Lipinski definition) is 4. The van der Waals surface area contributed by atoms with Crippen LogP contribution in [0.2, 0.25) is 0 Å². The second-order valence-corrected chi connectivity index (χ2v) is 5.54. The van der Waals surface area contributed by atoms with E-state index in [0.29, 0.717) is 12.2 Å². The standard InChI is InChI=1S/C15H15N5OS/c1-11-4-2-3-5-14(11)17-15(21)16-8-12-9-20(19-18-12)13-6-7-22-10-13/h2-7,9-10H,8H2,1H3,(H2,16,17,21). The summed E-state index contributed by atoms with van der Waals surface area (Å²) in [6, 6.07) is 9.32. The second kappa shape index (κ2) is 6.40. The van der Waals surface area contributed by atoms with Crippen LogP contribution in [0.4, 0.5) is 10.5 Å². The molecule has 22 heavy (non-hydrogen) atoms. The average molecular weight is 313 g/mol. The minimum absolute atomic E-state index is 0.264. The Morgan fingerprint density at radius 1 is 1.32 bits per heavy atom. The van der Waals surface area contributed by atoms with Crippen molar-refractivity contribution in [2.24, 2.45) is 0 Å². The van der Waals surface area contributed by atoms with Crippen LogP contribution in [0.25, 0.3) is 5.69 Å². The van der Waals surface area contributed by atoms with Gasteiger partial charge in [-0.15, -0.1) is 5.10 Å². The number of nitrogens with zero attached hydrogens (tertiary/aromatic N) is 3. The quantitative estimate of drug-likeness (QED) is 0.778. The molecule has 2 aromatic heterocycles. The Hall–Kier alpha value is -2.67. The highest BCUT2D eigenvalue weighted by molar-refractivity contribution is 7.08. The van der Waals surface area contributed by atoms with Crippen molar-refractivity contribution in [2.75, 3.05) is 5.32 Å². The average Bonchev–Trinajstić information content (AvgIpc) is 3.18. The summed E-state index contributed by atoms with van der Waals surface area (Å²) < 4.78 is 1.69. The lowest BCUT2D eigenvalue weighted by Gasteiger charge is -2.08. The molecule has 6 nitrogen and oxygen atoms in total. The van der Waals surface area contributed by atoms with Gasteiger partial charge in [0.15, 0.2) is 0 Å². The van der Waals surface area contributed by atoms with Crippen LogP contribution in [-0.2, 0) is 6.54 Å². The molecule has 2 heterocycles. The van der Waals surface area contributed by atoms with E-state index in [2.05, 4.69) is 20.9 Å². The van der Waals surface area contributed by atoms with Crippen LogP contribution in [0.5, 0.6) is 0 Å². The summed E-state index contributed by atoms with van der Waals surface area (Å²) >= 11 is 1.60. The van der Waals surface area contributed by atoms with Crippen LogP contribution in [-0.4, -0.2) is 21.0 Å². The number of hydrogen-bond donors (Lipinski definition) is 2. The molecule has 3 aromatic rings. The first-order valence-electron chi connectivity index (χ1n) is 6.76. The van der Waals surface area contributed by atoms with Gasteiger partial charge in [0.1, 0.15) is 5.69 Å². The zero-order valence-corrected chi connectivity index (χ0v) is 12.8. The summed E-state index contributed by atoms with van der Waals surface area (Å²) in [4.78, 5) is 11.9. The molecule has 1 aromatic carbocycles. The molecule has 0 unspecified atom stereocenters. The zero-order chi connectivity index (χ0) is 15.4. The molecule has 0 aliphatic rings. The summed E-state index contributed by atoms with van der Waals surface area (Å²) in [5, 5.41) is 17.6. The number of nitrogens with one attached hydrogen (secondary N) is 2. The summed E-state index contributed by atoms with van der Waals surface area (Å²) in [7, 11) is 0. The molecule has 0 atom stereocenters. The molecule has 0 radical (unpaired) electrons. The van der Waals surface area contributed by atoms with Gasteiger partial charge in [-0.3, -0.25) is 0 Å². The molecule has 0 aliphatic carbocycles. The van der Waals surface area contributed by atoms with E-state index in [0.717, 1.165) is 16.9 Å². The molecule has 0 aliphatic heterocycles. The van der Waals surface area contributed by atoms with Gasteiger partial charge >= 0.3 is 6.03 Å². The Labute approximate surface area is 131 Å². The van der Waals surface area contributed by atoms with E-state index in [-0.39, 0.29) is 6.03 Å². The Bertz CT molecular complexity index is 766. The van der Waals surface area contributed by atoms with E-state index in [9.17, 15) is 4.79 Å². The van der Waals surface area contributed by atoms with Gasteiger partial charge in [0.05, 0.1) is 18.4 Å². The first-order valence-corrected chi connectivity index (χ1v) is 7.71. The fourth-order valence-electron chi connectivity index (χ4n) is 1.94. The topological polar surface area (TPSA) is 71.8 Å². The van der Waals surface area contributed by atoms with Crippen LogP contribution in [0.1, 0.15) is 11.3 Å². The molecular weight excluding hydrogens is 298 g/mol. The van der Waals surface area contributed by atoms with E-state index >= 15 is 0 Å². The van der Waals surface area contributed by atoms with E-state index < -0.39 is 0 Å². The van der Waals surface area contributed by atoms with Crippen molar-refractivity contribution in [3.8, 4) is 5.69 Å². The summed E-state index contributed by atoms with van der Waals surface area (Å²) in [5.41, 5.74) is 3.47. The molecule has 112 valence electrons. The maximum absolute atomic E-state index is 11.9. The Morgan fingerprint density at radius 3 is 2.95 bits per heavy atom. The van der Waals surface area contributed by atoms with Crippen LogP contribution in [0.15, 0.2) is 47.3 Å². The van der Waals surface area contributed by atoms with Crippen LogP contribution >= 0.6 is 11.3 Å². The third-order valence-corrected chi connectivity index (χ3v) is 3.81. The third-order valence-electron chi connectivity index (χ3n) is 3.13. The lowest BCUT2D eigenvalue weighted by atomic mass is 10.2. The molecule has 0 fully saturated rings. The molecule has 3 rings (SSSR count). The molecule has 0 saturated heterocycles. The lowest BCUT2D eigenvalue weighted by Crippen LogP contribution is -2.28. The minimum Gasteiger partial charge on any atom is -0.332 e. The first-order chi connectivity index (χ1) is 10.7. The van der Waals surface area contributed by atoms with Crippen molar-refractivity contribution < 1.29 is 4.79 Å². The molecule has 0 saturated carbocycles. The van der Waals surface area contributed by atoms with Crippen LogP contribution in [0, 0.1) is 6.92 Å². The number of thiophene rings is 1. The largest absolute Gasteiger partial charge is 0.332 e. The zero-order valence-electron chi connectivity index (χ0n) is 12.0. The summed E-state index contributed by atoms with van der Waals surface area (Å²) in [5.74, 6) is 0. The summed E-state index contributed by atoms with van der Waals surface area (Å²) in [6.45, 7) is 2.27. The molecule has 2 amide bonds. The maximum atomic E-state index is 11.9. The fraction of sp³-hybridized carbons (Fsp3) is 0.133. The van der Waals surface area contributed by atoms with Crippen molar-refractivity contribution in [3.05, 3.63) is 58.5 Å². The van der Waals surface area contributed by atoms with Gasteiger partial charge in [0, 0.05) is 11.1 Å². The Balaban J connectivity index is 1.56. The van der Waals surface area contributed by atoms with Crippen molar-refractivity contribution in [2.45, 2.75) is 13.5 Å². The molecule has 2 N–H and O–H groups in total. The summed E-state index contributed by atoms with van der Waals surface area (Å²) in [6.07, 6.45) is 1.80. The Kier molecular flexibility index (Phi) is 4.15. The smallest absolute Gasteiger partial charge is 0.319 e. The number of rotatable bonds is 4. The molecular formula is C15H15N5OS. The van der Waals surface area contributed by atoms with Gasteiger partial charge in [-0.2, -0.15) is 11.3 Å². The van der Waals surface area contributed by atoms with Crippen molar-refractivity contribution in [3.63, 3.8) is 0 Å². The fourth-order valence-corrected chi connectivity index (χ4v) is 2.57. The van der Waals surface area contributed by atoms with Crippen LogP contribution < -0.4 is 10.6 Å². The van der Waals surface area contributed by atoms with Crippen LogP contribution in [0.3, 0.4) is 0 Å². The van der Waals surface area contributed by atoms with Gasteiger partial charge in [0.25, 0.3) is 0 Å². The van der Waals surface area contributed by atoms with Gasteiger partial charge in [0.2, 0.25) is 0 Å². The van der Waals surface area contributed by atoms with E-state index in [1.165, 1.54) is 0 Å². The van der Waals surface area contributed by atoms with Crippen molar-refractivity contribution in [1.82, 2.24) is 20.3 Å². The maximum Gasteiger partial charge on any atom is 0.319 e. The Morgan fingerprint density at radius 2 is 2.18 bits per heavy atom. The molecule has 7 heteroatoms. The van der Waals surface area contributed by atoms with E-state index in [4.69, 9.17) is 0 Å².